The molecule has 1 aromatic rings. The van der Waals surface area contributed by atoms with E-state index < -0.39 is 17.6 Å². The maximum Gasteiger partial charge on any atom is 0.246 e. The number of carbonyl (C=O) groups is 1. The number of nitrogens with two attached hydrogens (primary N) is 2. The summed E-state index contributed by atoms with van der Waals surface area (Å²) in [5.74, 6) is -0.660. The van der Waals surface area contributed by atoms with Crippen molar-refractivity contribution in [3.05, 3.63) is 52.3 Å². The van der Waals surface area contributed by atoms with E-state index in [9.17, 15) is 9.90 Å². The molecule has 1 aromatic heterocycles. The molecule has 5 nitrogen and oxygen atoms in total. The van der Waals surface area contributed by atoms with Crippen LogP contribution in [0.4, 0.5) is 0 Å². The molecule has 1 aliphatic rings. The molecule has 0 fully saturated rings. The quantitative estimate of drug-likeness (QED) is 0.738. The van der Waals surface area contributed by atoms with Crippen molar-refractivity contribution in [1.29, 1.82) is 0 Å². The second kappa shape index (κ2) is 4.77. The fourth-order valence-electron chi connectivity index (χ4n) is 2.12. The molecular weight excluding hydrogens is 266 g/mol. The Morgan fingerprint density at radius 2 is 2.21 bits per heavy atom. The molecule has 0 saturated carbocycles. The molecule has 0 aliphatic heterocycles. The number of aliphatic hydroxyl groups is 1. The van der Waals surface area contributed by atoms with Gasteiger partial charge in [0.25, 0.3) is 0 Å². The molecule has 2 rings (SSSR count). The lowest BCUT2D eigenvalue weighted by molar-refractivity contribution is -0.115. The summed E-state index contributed by atoms with van der Waals surface area (Å²) >= 11 is 5.76. The first-order chi connectivity index (χ1) is 8.84. The highest BCUT2D eigenvalue weighted by Crippen LogP contribution is 2.33. The lowest BCUT2D eigenvalue weighted by atomic mass is 9.79. The Hall–Kier alpha value is -1.69. The molecule has 2 atom stereocenters. The summed E-state index contributed by atoms with van der Waals surface area (Å²) < 4.78 is 0. The normalized spacial score (nSPS) is 26.6. The number of allylic oxidation sites excluding steroid dienone is 2. The molecule has 1 heterocycles. The zero-order valence-corrected chi connectivity index (χ0v) is 11.1. The summed E-state index contributed by atoms with van der Waals surface area (Å²) in [5, 5.41) is 11.2. The molecule has 6 heteroatoms. The third-order valence-corrected chi connectivity index (χ3v) is 3.29. The Morgan fingerprint density at radius 1 is 1.53 bits per heavy atom. The van der Waals surface area contributed by atoms with Crippen molar-refractivity contribution < 1.29 is 9.90 Å². The van der Waals surface area contributed by atoms with Gasteiger partial charge in [-0.1, -0.05) is 17.2 Å². The van der Waals surface area contributed by atoms with Gasteiger partial charge in [-0.25, -0.2) is 0 Å². The second-order valence-electron chi connectivity index (χ2n) is 4.52. The monoisotopic (exact) mass is 279 g/mol. The fraction of sp³-hybridized carbons (Fsp3) is 0.231. The molecule has 0 bridgehead atoms. The fourth-order valence-corrected chi connectivity index (χ4v) is 2.23. The Morgan fingerprint density at radius 3 is 2.74 bits per heavy atom. The Bertz CT molecular complexity index is 580. The summed E-state index contributed by atoms with van der Waals surface area (Å²) in [7, 11) is 0. The van der Waals surface area contributed by atoms with Crippen LogP contribution in [-0.2, 0) is 10.4 Å². The predicted octanol–water partition coefficient (Wildman–Crippen LogP) is 0.621. The van der Waals surface area contributed by atoms with Crippen molar-refractivity contribution in [2.45, 2.75) is 18.6 Å². The van der Waals surface area contributed by atoms with Crippen LogP contribution < -0.4 is 11.5 Å². The average Bonchev–Trinajstić information content (AvgIpc) is 2.34. The van der Waals surface area contributed by atoms with Crippen LogP contribution >= 0.6 is 11.6 Å². The van der Waals surface area contributed by atoms with Crippen LogP contribution in [0.2, 0.25) is 5.02 Å². The largest absolute Gasteiger partial charge is 0.377 e. The summed E-state index contributed by atoms with van der Waals surface area (Å²) in [6.45, 7) is 1.75. The van der Waals surface area contributed by atoms with Crippen LogP contribution in [0.25, 0.3) is 0 Å². The van der Waals surface area contributed by atoms with Crippen LogP contribution in [-0.4, -0.2) is 22.0 Å². The van der Waals surface area contributed by atoms with Gasteiger partial charge in [-0.3, -0.25) is 9.78 Å². The number of primary amides is 1. The number of amides is 1. The van der Waals surface area contributed by atoms with Crippen LogP contribution in [0.15, 0.2) is 41.6 Å². The van der Waals surface area contributed by atoms with Crippen molar-refractivity contribution in [2.75, 3.05) is 0 Å². The SMILES string of the molecule is CC1=CC(O)(c2ccc(Cl)cn2)C(N)C(C(N)=O)=C1. The number of pyridine rings is 1. The standard InChI is InChI=1S/C13H14ClN3O2/c1-7-4-9(12(16)18)11(15)13(19,5-7)10-3-2-8(14)6-17-10/h2-6,11,19H,15H2,1H3,(H2,16,18). The number of aromatic nitrogens is 1. The minimum absolute atomic E-state index is 0.166. The van der Waals surface area contributed by atoms with Gasteiger partial charge < -0.3 is 16.6 Å². The van der Waals surface area contributed by atoms with E-state index >= 15 is 0 Å². The molecule has 0 aromatic carbocycles. The molecule has 1 amide bonds. The summed E-state index contributed by atoms with van der Waals surface area (Å²) in [4.78, 5) is 15.4. The molecule has 0 saturated heterocycles. The Labute approximate surface area is 115 Å². The van der Waals surface area contributed by atoms with E-state index in [1.807, 2.05) is 0 Å². The van der Waals surface area contributed by atoms with Crippen molar-refractivity contribution in [1.82, 2.24) is 4.98 Å². The van der Waals surface area contributed by atoms with Gasteiger partial charge in [-0.2, -0.15) is 0 Å². The highest BCUT2D eigenvalue weighted by atomic mass is 35.5. The number of rotatable bonds is 2. The van der Waals surface area contributed by atoms with E-state index in [0.29, 0.717) is 16.3 Å². The number of nitrogens with zero attached hydrogens (tertiary/aromatic N) is 1. The first-order valence-electron chi connectivity index (χ1n) is 5.65. The van der Waals surface area contributed by atoms with Crippen LogP contribution in [0.1, 0.15) is 12.6 Å². The zero-order valence-electron chi connectivity index (χ0n) is 10.3. The first kappa shape index (κ1) is 13.7. The van der Waals surface area contributed by atoms with Gasteiger partial charge in [0.2, 0.25) is 5.91 Å². The number of halogens is 1. The molecule has 2 unspecified atom stereocenters. The summed E-state index contributed by atoms with van der Waals surface area (Å²) in [6, 6.07) is 2.19. The lowest BCUT2D eigenvalue weighted by Crippen LogP contribution is -2.50. The van der Waals surface area contributed by atoms with Crippen LogP contribution in [0.5, 0.6) is 0 Å². The topological polar surface area (TPSA) is 102 Å². The number of hydrogen-bond acceptors (Lipinski definition) is 4. The van der Waals surface area contributed by atoms with Gasteiger partial charge in [0, 0.05) is 11.8 Å². The van der Waals surface area contributed by atoms with Crippen molar-refractivity contribution in [3.63, 3.8) is 0 Å². The summed E-state index contributed by atoms with van der Waals surface area (Å²) in [6.07, 6.45) is 4.53. The number of carbonyl (C=O) groups excluding carboxylic acids is 1. The minimum Gasteiger partial charge on any atom is -0.377 e. The predicted molar refractivity (Wildman–Crippen MR) is 72.2 cm³/mol. The molecule has 5 N–H and O–H groups in total. The molecule has 100 valence electrons. The van der Waals surface area contributed by atoms with Gasteiger partial charge in [0.15, 0.2) is 0 Å². The van der Waals surface area contributed by atoms with E-state index in [1.54, 1.807) is 31.2 Å². The van der Waals surface area contributed by atoms with Crippen LogP contribution in [0, 0.1) is 0 Å². The molecular formula is C13H14ClN3O2. The van der Waals surface area contributed by atoms with E-state index in [0.717, 1.165) is 0 Å². The minimum atomic E-state index is -1.58. The van der Waals surface area contributed by atoms with Crippen molar-refractivity contribution in [2.24, 2.45) is 11.5 Å². The molecule has 0 radical (unpaired) electrons. The maximum atomic E-state index is 11.4. The highest BCUT2D eigenvalue weighted by molar-refractivity contribution is 6.30. The lowest BCUT2D eigenvalue weighted by Gasteiger charge is -2.34. The summed E-state index contributed by atoms with van der Waals surface area (Å²) in [5.41, 5.74) is 10.8. The third kappa shape index (κ3) is 2.40. The van der Waals surface area contributed by atoms with Gasteiger partial charge in [0.05, 0.1) is 16.8 Å². The van der Waals surface area contributed by atoms with Gasteiger partial charge >= 0.3 is 0 Å². The highest BCUT2D eigenvalue weighted by Gasteiger charge is 2.41. The van der Waals surface area contributed by atoms with Crippen molar-refractivity contribution >= 4 is 17.5 Å². The van der Waals surface area contributed by atoms with E-state index in [-0.39, 0.29) is 5.57 Å². The smallest absolute Gasteiger partial charge is 0.246 e. The van der Waals surface area contributed by atoms with Crippen molar-refractivity contribution in [3.8, 4) is 0 Å². The van der Waals surface area contributed by atoms with Gasteiger partial charge in [-0.05, 0) is 31.2 Å². The molecule has 19 heavy (non-hydrogen) atoms. The van der Waals surface area contributed by atoms with E-state index in [1.165, 1.54) is 6.20 Å². The van der Waals surface area contributed by atoms with Crippen LogP contribution in [0.3, 0.4) is 0 Å². The average molecular weight is 280 g/mol. The number of hydrogen-bond donors (Lipinski definition) is 3. The van der Waals surface area contributed by atoms with E-state index in [4.69, 9.17) is 23.1 Å². The zero-order chi connectivity index (χ0) is 14.2. The first-order valence-corrected chi connectivity index (χ1v) is 6.03. The molecule has 1 aliphatic carbocycles. The Kier molecular flexibility index (Phi) is 3.45. The second-order valence-corrected chi connectivity index (χ2v) is 4.95. The third-order valence-electron chi connectivity index (χ3n) is 3.06. The van der Waals surface area contributed by atoms with Gasteiger partial charge in [0.1, 0.15) is 5.60 Å². The maximum absolute atomic E-state index is 11.4. The van der Waals surface area contributed by atoms with Gasteiger partial charge in [-0.15, -0.1) is 0 Å². The van der Waals surface area contributed by atoms with E-state index in [2.05, 4.69) is 4.98 Å². The Balaban J connectivity index is 2.52. The molecule has 0 spiro atoms.